The van der Waals surface area contributed by atoms with E-state index in [9.17, 15) is 4.79 Å². The van der Waals surface area contributed by atoms with E-state index in [0.717, 1.165) is 31.9 Å². The zero-order valence-electron chi connectivity index (χ0n) is 14.0. The minimum atomic E-state index is -0.0204. The van der Waals surface area contributed by atoms with Crippen molar-refractivity contribution in [3.8, 4) is 11.5 Å². The van der Waals surface area contributed by atoms with Crippen LogP contribution in [0.4, 0.5) is 5.69 Å². The van der Waals surface area contributed by atoms with Crippen LogP contribution in [-0.4, -0.2) is 46.2 Å². The maximum atomic E-state index is 12.8. The number of methoxy groups -OCH3 is 2. The average Bonchev–Trinajstić information content (AvgIpc) is 2.67. The van der Waals surface area contributed by atoms with Gasteiger partial charge in [-0.2, -0.15) is 0 Å². The molecule has 126 valence electrons. The van der Waals surface area contributed by atoms with Gasteiger partial charge in [0.2, 0.25) is 0 Å². The average molecular weight is 326 g/mol. The van der Waals surface area contributed by atoms with Gasteiger partial charge in [0.1, 0.15) is 0 Å². The summed E-state index contributed by atoms with van der Waals surface area (Å²) in [6.45, 7) is 3.84. The van der Waals surface area contributed by atoms with Gasteiger partial charge in [-0.05, 0) is 30.3 Å². The van der Waals surface area contributed by atoms with Gasteiger partial charge in [0.15, 0.2) is 17.3 Å². The lowest BCUT2D eigenvalue weighted by molar-refractivity contribution is 0.103. The highest BCUT2D eigenvalue weighted by molar-refractivity contribution is 6.09. The number of ether oxygens (including phenoxy) is 2. The van der Waals surface area contributed by atoms with Crippen LogP contribution in [0.1, 0.15) is 15.9 Å². The van der Waals surface area contributed by atoms with Crippen LogP contribution < -0.4 is 19.7 Å². The Morgan fingerprint density at radius 2 is 1.67 bits per heavy atom. The van der Waals surface area contributed by atoms with Gasteiger partial charge in [-0.15, -0.1) is 0 Å². The fourth-order valence-electron chi connectivity index (χ4n) is 2.91. The molecule has 1 N–H and O–H groups in total. The van der Waals surface area contributed by atoms with Gasteiger partial charge in [-0.3, -0.25) is 4.79 Å². The van der Waals surface area contributed by atoms with Crippen molar-refractivity contribution < 1.29 is 14.3 Å². The molecule has 0 spiro atoms. The zero-order valence-corrected chi connectivity index (χ0v) is 14.0. The number of ketones is 1. The number of carbonyl (C=O) groups excluding carboxylic acids is 1. The lowest BCUT2D eigenvalue weighted by Gasteiger charge is -2.29. The molecule has 2 aromatic carbocycles. The van der Waals surface area contributed by atoms with E-state index in [0.29, 0.717) is 22.6 Å². The summed E-state index contributed by atoms with van der Waals surface area (Å²) < 4.78 is 10.5. The number of nitrogens with one attached hydrogen (secondary N) is 1. The van der Waals surface area contributed by atoms with Crippen LogP contribution in [0.3, 0.4) is 0 Å². The van der Waals surface area contributed by atoms with E-state index >= 15 is 0 Å². The van der Waals surface area contributed by atoms with Crippen molar-refractivity contribution in [3.63, 3.8) is 0 Å². The largest absolute Gasteiger partial charge is 0.493 e. The standard InChI is InChI=1S/C19H22N2O3/c1-23-17-7-6-15(13-18(17)24-2)19(22)14-4-3-5-16(12-14)21-10-8-20-9-11-21/h3-7,12-13,20H,8-11H2,1-2H3. The predicted octanol–water partition coefficient (Wildman–Crippen LogP) is 2.34. The second-order valence-corrected chi connectivity index (χ2v) is 5.69. The maximum absolute atomic E-state index is 12.8. The molecule has 24 heavy (non-hydrogen) atoms. The summed E-state index contributed by atoms with van der Waals surface area (Å²) in [4.78, 5) is 15.1. The Labute approximate surface area is 142 Å². The molecular formula is C19H22N2O3. The third-order valence-electron chi connectivity index (χ3n) is 4.24. The molecule has 2 aromatic rings. The molecular weight excluding hydrogens is 304 g/mol. The zero-order chi connectivity index (χ0) is 16.9. The highest BCUT2D eigenvalue weighted by atomic mass is 16.5. The molecule has 5 heteroatoms. The van der Waals surface area contributed by atoms with Crippen molar-refractivity contribution in [1.29, 1.82) is 0 Å². The van der Waals surface area contributed by atoms with Gasteiger partial charge in [-0.25, -0.2) is 0 Å². The van der Waals surface area contributed by atoms with Crippen molar-refractivity contribution in [2.24, 2.45) is 0 Å². The second kappa shape index (κ2) is 7.36. The summed E-state index contributed by atoms with van der Waals surface area (Å²) in [7, 11) is 3.15. The molecule has 0 amide bonds. The summed E-state index contributed by atoms with van der Waals surface area (Å²) >= 11 is 0. The molecule has 0 aromatic heterocycles. The minimum Gasteiger partial charge on any atom is -0.493 e. The summed E-state index contributed by atoms with van der Waals surface area (Å²) in [6.07, 6.45) is 0. The van der Waals surface area contributed by atoms with Crippen LogP contribution >= 0.6 is 0 Å². The van der Waals surface area contributed by atoms with Crippen LogP contribution in [0.25, 0.3) is 0 Å². The van der Waals surface area contributed by atoms with E-state index in [1.165, 1.54) is 0 Å². The summed E-state index contributed by atoms with van der Waals surface area (Å²) in [5, 5.41) is 3.34. The van der Waals surface area contributed by atoms with E-state index < -0.39 is 0 Å². The number of hydrogen-bond donors (Lipinski definition) is 1. The van der Waals surface area contributed by atoms with E-state index in [2.05, 4.69) is 16.3 Å². The Morgan fingerprint density at radius 1 is 0.958 bits per heavy atom. The first kappa shape index (κ1) is 16.3. The first-order chi connectivity index (χ1) is 11.7. The lowest BCUT2D eigenvalue weighted by Crippen LogP contribution is -2.43. The fraction of sp³-hybridized carbons (Fsp3) is 0.316. The van der Waals surface area contributed by atoms with Gasteiger partial charge in [0, 0.05) is 43.0 Å². The number of carbonyl (C=O) groups is 1. The number of rotatable bonds is 5. The third-order valence-corrected chi connectivity index (χ3v) is 4.24. The Balaban J connectivity index is 1.87. The molecule has 3 rings (SSSR count). The van der Waals surface area contributed by atoms with Crippen LogP contribution in [0.15, 0.2) is 42.5 Å². The normalized spacial score (nSPS) is 14.3. The van der Waals surface area contributed by atoms with E-state index in [1.54, 1.807) is 32.4 Å². The fourth-order valence-corrected chi connectivity index (χ4v) is 2.91. The predicted molar refractivity (Wildman–Crippen MR) is 94.5 cm³/mol. The molecule has 1 fully saturated rings. The quantitative estimate of drug-likeness (QED) is 0.855. The minimum absolute atomic E-state index is 0.0204. The van der Waals surface area contributed by atoms with Crippen LogP contribution in [0, 0.1) is 0 Å². The molecule has 1 heterocycles. The first-order valence-corrected chi connectivity index (χ1v) is 8.05. The molecule has 1 aliphatic rings. The number of benzene rings is 2. The number of hydrogen-bond acceptors (Lipinski definition) is 5. The van der Waals surface area contributed by atoms with E-state index in [1.807, 2.05) is 18.2 Å². The highest BCUT2D eigenvalue weighted by Crippen LogP contribution is 2.29. The molecule has 0 radical (unpaired) electrons. The summed E-state index contributed by atoms with van der Waals surface area (Å²) in [6, 6.07) is 13.0. The number of piperazine rings is 1. The first-order valence-electron chi connectivity index (χ1n) is 8.05. The Bertz CT molecular complexity index is 724. The van der Waals surface area contributed by atoms with Crippen LogP contribution in [-0.2, 0) is 0 Å². The van der Waals surface area contributed by atoms with Crippen molar-refractivity contribution in [3.05, 3.63) is 53.6 Å². The molecule has 1 saturated heterocycles. The topological polar surface area (TPSA) is 50.8 Å². The van der Waals surface area contributed by atoms with E-state index in [4.69, 9.17) is 9.47 Å². The van der Waals surface area contributed by atoms with Gasteiger partial charge in [-0.1, -0.05) is 12.1 Å². The van der Waals surface area contributed by atoms with Crippen LogP contribution in [0.5, 0.6) is 11.5 Å². The molecule has 0 bridgehead atoms. The molecule has 0 saturated carbocycles. The van der Waals surface area contributed by atoms with Gasteiger partial charge >= 0.3 is 0 Å². The highest BCUT2D eigenvalue weighted by Gasteiger charge is 2.15. The summed E-state index contributed by atoms with van der Waals surface area (Å²) in [5.41, 5.74) is 2.35. The van der Waals surface area contributed by atoms with Crippen LogP contribution in [0.2, 0.25) is 0 Å². The molecule has 1 aliphatic heterocycles. The van der Waals surface area contributed by atoms with Crippen molar-refractivity contribution in [1.82, 2.24) is 5.32 Å². The third kappa shape index (κ3) is 3.36. The summed E-state index contributed by atoms with van der Waals surface area (Å²) in [5.74, 6) is 1.15. The van der Waals surface area contributed by atoms with Crippen molar-refractivity contribution >= 4 is 11.5 Å². The van der Waals surface area contributed by atoms with Gasteiger partial charge in [0.25, 0.3) is 0 Å². The lowest BCUT2D eigenvalue weighted by atomic mass is 10.0. The molecule has 0 aliphatic carbocycles. The monoisotopic (exact) mass is 326 g/mol. The van der Waals surface area contributed by atoms with Crippen molar-refractivity contribution in [2.45, 2.75) is 0 Å². The molecule has 5 nitrogen and oxygen atoms in total. The Hall–Kier alpha value is -2.53. The Kier molecular flexibility index (Phi) is 5.01. The van der Waals surface area contributed by atoms with Gasteiger partial charge in [0.05, 0.1) is 14.2 Å². The second-order valence-electron chi connectivity index (χ2n) is 5.69. The SMILES string of the molecule is COc1ccc(C(=O)c2cccc(N3CCNCC3)c2)cc1OC. The molecule has 0 unspecified atom stereocenters. The molecule has 0 atom stereocenters. The maximum Gasteiger partial charge on any atom is 0.193 e. The van der Waals surface area contributed by atoms with Crippen molar-refractivity contribution in [2.75, 3.05) is 45.3 Å². The number of nitrogens with zero attached hydrogens (tertiary/aromatic N) is 1. The Morgan fingerprint density at radius 3 is 2.38 bits per heavy atom. The van der Waals surface area contributed by atoms with Gasteiger partial charge < -0.3 is 19.7 Å². The number of anilines is 1. The van der Waals surface area contributed by atoms with E-state index in [-0.39, 0.29) is 5.78 Å². The smallest absolute Gasteiger partial charge is 0.193 e.